The summed E-state index contributed by atoms with van der Waals surface area (Å²) in [4.78, 5) is 80.5. The van der Waals surface area contributed by atoms with Crippen molar-refractivity contribution in [3.63, 3.8) is 0 Å². The summed E-state index contributed by atoms with van der Waals surface area (Å²) in [7, 11) is -8.25. The number of rotatable bonds is 22. The van der Waals surface area contributed by atoms with Crippen molar-refractivity contribution in [2.24, 2.45) is 33.9 Å². The number of azide groups is 2. The fourth-order valence-corrected chi connectivity index (χ4v) is 10.2. The number of nitrogens with zero attached hydrogens (tertiary/aromatic N) is 8. The molecule has 0 spiro atoms. The Morgan fingerprint density at radius 3 is 1.36 bits per heavy atom. The first-order valence-corrected chi connectivity index (χ1v) is 21.5. The molecule has 2 aromatic rings. The summed E-state index contributed by atoms with van der Waals surface area (Å²) in [6.45, 7) is 0.358. The van der Waals surface area contributed by atoms with Crippen LogP contribution in [0.1, 0.15) is 64.2 Å². The van der Waals surface area contributed by atoms with Crippen LogP contribution in [-0.4, -0.2) is 81.3 Å². The highest BCUT2D eigenvalue weighted by Crippen LogP contribution is 2.35. The maximum atomic E-state index is 13.5. The third-order valence-electron chi connectivity index (χ3n) is 9.75. The van der Waals surface area contributed by atoms with E-state index in [2.05, 4.69) is 20.1 Å². The number of amides is 4. The highest BCUT2D eigenvalue weighted by molar-refractivity contribution is 7.91. The van der Waals surface area contributed by atoms with Gasteiger partial charge in [-0.05, 0) is 97.1 Å². The molecule has 312 valence electrons. The van der Waals surface area contributed by atoms with E-state index in [1.807, 2.05) is 0 Å². The van der Waals surface area contributed by atoms with Crippen LogP contribution >= 0.6 is 0 Å². The summed E-state index contributed by atoms with van der Waals surface area (Å²) in [5, 5.41) is 6.99. The number of carbonyl (C=O) groups is 5. The lowest BCUT2D eigenvalue weighted by molar-refractivity contribution is -0.199. The standard InChI is InChI=1S/C35H40F2N8O11S2/c36-25-9-13-27(14-10-25)57(51,52)21-23(7-3-1-5-17-40-42-38)29-19-31(46)44(33(29)48)55-35(50)56-45-32(47)20-30(34(45)49)24(8-4-2-6-18-41-43-39)22-58(53,54)28-15-11-26(37)12-16-28/h9-16,23-24,29-30H,1-8,17-22H2. The molecule has 58 heavy (non-hydrogen) atoms. The zero-order chi connectivity index (χ0) is 42.5. The average molecular weight is 851 g/mol. The average Bonchev–Trinajstić information content (AvgIpc) is 3.61. The smallest absolute Gasteiger partial charge is 0.293 e. The fourth-order valence-electron chi connectivity index (χ4n) is 6.82. The van der Waals surface area contributed by atoms with Crippen LogP contribution in [0.2, 0.25) is 0 Å². The van der Waals surface area contributed by atoms with Gasteiger partial charge in [-0.1, -0.05) is 46.0 Å². The molecule has 2 heterocycles. The molecule has 4 atom stereocenters. The molecule has 0 radical (unpaired) electrons. The summed E-state index contributed by atoms with van der Waals surface area (Å²) in [6, 6.07) is 8.04. The van der Waals surface area contributed by atoms with Gasteiger partial charge >= 0.3 is 6.16 Å². The first kappa shape index (κ1) is 45.1. The van der Waals surface area contributed by atoms with Gasteiger partial charge in [0.05, 0.1) is 33.1 Å². The van der Waals surface area contributed by atoms with Gasteiger partial charge in [-0.25, -0.2) is 25.6 Å². The van der Waals surface area contributed by atoms with Crippen molar-refractivity contribution < 1.29 is 59.3 Å². The lowest BCUT2D eigenvalue weighted by Gasteiger charge is -2.23. The van der Waals surface area contributed by atoms with Gasteiger partial charge in [0.1, 0.15) is 11.6 Å². The third-order valence-corrected chi connectivity index (χ3v) is 13.5. The number of hydroxylamine groups is 4. The maximum Gasteiger partial charge on any atom is 0.560 e. The molecule has 2 aromatic carbocycles. The van der Waals surface area contributed by atoms with Gasteiger partial charge in [0.15, 0.2) is 19.7 Å². The summed E-state index contributed by atoms with van der Waals surface area (Å²) in [5.41, 5.74) is 17.0. The Morgan fingerprint density at radius 2 is 1.02 bits per heavy atom. The number of imide groups is 2. The van der Waals surface area contributed by atoms with Crippen LogP contribution in [-0.2, 0) is 48.5 Å². The number of carbonyl (C=O) groups excluding carboxylic acids is 5. The van der Waals surface area contributed by atoms with Crippen LogP contribution in [0.5, 0.6) is 0 Å². The van der Waals surface area contributed by atoms with Crippen LogP contribution < -0.4 is 0 Å². The van der Waals surface area contributed by atoms with Crippen LogP contribution in [0, 0.1) is 35.3 Å². The van der Waals surface area contributed by atoms with Crippen molar-refractivity contribution in [1.82, 2.24) is 10.1 Å². The van der Waals surface area contributed by atoms with Crippen LogP contribution in [0.4, 0.5) is 13.6 Å². The van der Waals surface area contributed by atoms with E-state index in [9.17, 15) is 49.6 Å². The van der Waals surface area contributed by atoms with Crippen LogP contribution in [0.3, 0.4) is 0 Å². The van der Waals surface area contributed by atoms with Crippen molar-refractivity contribution in [3.05, 3.63) is 81.1 Å². The number of halogens is 2. The zero-order valence-electron chi connectivity index (χ0n) is 31.0. The lowest BCUT2D eigenvalue weighted by Crippen LogP contribution is -2.40. The highest BCUT2D eigenvalue weighted by atomic mass is 32.2. The van der Waals surface area contributed by atoms with Gasteiger partial charge in [0.2, 0.25) is 0 Å². The number of hydrogen-bond donors (Lipinski definition) is 0. The Balaban J connectivity index is 1.45. The third kappa shape index (κ3) is 12.2. The Kier molecular flexibility index (Phi) is 16.1. The molecule has 0 saturated carbocycles. The van der Waals surface area contributed by atoms with E-state index < -0.39 is 109 Å². The molecule has 4 unspecified atom stereocenters. The van der Waals surface area contributed by atoms with Gasteiger partial charge in [0.25, 0.3) is 23.6 Å². The van der Waals surface area contributed by atoms with Crippen molar-refractivity contribution in [2.75, 3.05) is 24.6 Å². The Morgan fingerprint density at radius 1 is 0.655 bits per heavy atom. The monoisotopic (exact) mass is 850 g/mol. The van der Waals surface area contributed by atoms with Crippen LogP contribution in [0.15, 0.2) is 68.6 Å². The Labute approximate surface area is 331 Å². The first-order valence-electron chi connectivity index (χ1n) is 18.2. The fraction of sp³-hybridized carbons (Fsp3) is 0.514. The molecule has 23 heteroatoms. The number of benzene rings is 2. The molecule has 0 aromatic heterocycles. The lowest BCUT2D eigenvalue weighted by atomic mass is 9.88. The second-order valence-corrected chi connectivity index (χ2v) is 17.8. The van der Waals surface area contributed by atoms with Crippen molar-refractivity contribution >= 4 is 49.5 Å². The van der Waals surface area contributed by atoms with E-state index in [-0.39, 0.29) is 45.8 Å². The molecule has 0 N–H and O–H groups in total. The second kappa shape index (κ2) is 20.7. The van der Waals surface area contributed by atoms with Crippen molar-refractivity contribution in [2.45, 2.75) is 74.0 Å². The summed E-state index contributed by atoms with van der Waals surface area (Å²) in [5.74, 6) is -11.5. The molecular weight excluding hydrogens is 811 g/mol. The highest BCUT2D eigenvalue weighted by Gasteiger charge is 2.49. The van der Waals surface area contributed by atoms with E-state index >= 15 is 0 Å². The van der Waals surface area contributed by atoms with Gasteiger partial charge in [-0.3, -0.25) is 28.9 Å². The summed E-state index contributed by atoms with van der Waals surface area (Å²) in [6.07, 6.45) is -0.224. The maximum absolute atomic E-state index is 13.5. The predicted molar refractivity (Wildman–Crippen MR) is 196 cm³/mol. The Hall–Kier alpha value is -5.63. The van der Waals surface area contributed by atoms with Crippen molar-refractivity contribution in [1.29, 1.82) is 0 Å². The van der Waals surface area contributed by atoms with E-state index in [4.69, 9.17) is 20.7 Å². The number of sulfone groups is 2. The molecule has 4 amide bonds. The number of hydrogen-bond acceptors (Lipinski definition) is 13. The minimum atomic E-state index is -4.13. The predicted octanol–water partition coefficient (Wildman–Crippen LogP) is 5.92. The molecule has 0 aliphatic carbocycles. The van der Waals surface area contributed by atoms with Gasteiger partial charge < -0.3 is 0 Å². The molecule has 4 rings (SSSR count). The van der Waals surface area contributed by atoms with E-state index in [1.165, 1.54) is 0 Å². The molecule has 0 bridgehead atoms. The normalized spacial score (nSPS) is 18.1. The van der Waals surface area contributed by atoms with Gasteiger partial charge in [-0.15, -0.1) is 0 Å². The summed E-state index contributed by atoms with van der Waals surface area (Å²) >= 11 is 0. The van der Waals surface area contributed by atoms with Gasteiger partial charge in [0, 0.05) is 35.8 Å². The largest absolute Gasteiger partial charge is 0.560 e. The molecule has 2 saturated heterocycles. The summed E-state index contributed by atoms with van der Waals surface area (Å²) < 4.78 is 80.3. The molecule has 2 aliphatic rings. The van der Waals surface area contributed by atoms with Gasteiger partial charge in [-0.2, -0.15) is 4.79 Å². The van der Waals surface area contributed by atoms with Crippen LogP contribution in [0.25, 0.3) is 20.9 Å². The Bertz CT molecular complexity index is 2010. The molecule has 2 aliphatic heterocycles. The minimum Gasteiger partial charge on any atom is -0.293 e. The van der Waals surface area contributed by atoms with E-state index in [0.29, 0.717) is 38.5 Å². The SMILES string of the molecule is [N-]=[N+]=NCCCCCC(CS(=O)(=O)c1ccc(F)cc1)C1CC(=O)N(OC(=O)ON2C(=O)CC(C(CCCCCN=[N+]=[N-])CS(=O)(=O)c3ccc(F)cc3)C2=O)C1=O. The molecule has 2 fully saturated rings. The first-order chi connectivity index (χ1) is 27.6. The quantitative estimate of drug-likeness (QED) is 0.0335. The zero-order valence-corrected chi connectivity index (χ0v) is 32.6. The second-order valence-electron chi connectivity index (χ2n) is 13.7. The van der Waals surface area contributed by atoms with E-state index in [0.717, 1.165) is 48.5 Å². The minimum absolute atomic E-state index is 0.0586. The van der Waals surface area contributed by atoms with E-state index in [1.54, 1.807) is 0 Å². The molecule has 19 nitrogen and oxygen atoms in total. The topological polar surface area (TPSA) is 276 Å². The number of unbranched alkanes of at least 4 members (excludes halogenated alkanes) is 4. The molecular formula is C35H40F2N8O11S2. The van der Waals surface area contributed by atoms with Crippen molar-refractivity contribution in [3.8, 4) is 0 Å².